The van der Waals surface area contributed by atoms with Crippen molar-refractivity contribution in [3.8, 4) is 0 Å². The number of nitrogens with two attached hydrogens (primary N) is 1. The lowest BCUT2D eigenvalue weighted by Gasteiger charge is -2.26. The lowest BCUT2D eigenvalue weighted by atomic mass is 10.3. The molecule has 3 amide bonds. The summed E-state index contributed by atoms with van der Waals surface area (Å²) in [6.45, 7) is -0.383. The van der Waals surface area contributed by atoms with Crippen molar-refractivity contribution in [1.82, 2.24) is 4.31 Å². The smallest absolute Gasteiger partial charge is 0.332 e. The van der Waals surface area contributed by atoms with E-state index in [4.69, 9.17) is 5.73 Å². The molecule has 1 heterocycles. The standard InChI is InChI=1S/C9H7F2N3O2S/c10-4-1-2-5-8(7(4)11)17-14(3-6(12)15)9(16)13-5/h1-2H,3H2,(H2,12,15)(H,13,16). The highest BCUT2D eigenvalue weighted by Crippen LogP contribution is 2.37. The number of fused-ring (bicyclic) bond motifs is 1. The molecular weight excluding hydrogens is 252 g/mol. The summed E-state index contributed by atoms with van der Waals surface area (Å²) in [5, 5.41) is 2.34. The van der Waals surface area contributed by atoms with E-state index in [0.29, 0.717) is 11.9 Å². The van der Waals surface area contributed by atoms with Crippen LogP contribution < -0.4 is 11.1 Å². The third kappa shape index (κ3) is 2.16. The van der Waals surface area contributed by atoms with Gasteiger partial charge in [-0.3, -0.25) is 9.10 Å². The summed E-state index contributed by atoms with van der Waals surface area (Å²) in [4.78, 5) is 22.1. The molecule has 2 rings (SSSR count). The molecule has 90 valence electrons. The van der Waals surface area contributed by atoms with Crippen LogP contribution in [0.5, 0.6) is 0 Å². The lowest BCUT2D eigenvalue weighted by molar-refractivity contribution is -0.117. The highest BCUT2D eigenvalue weighted by Gasteiger charge is 2.28. The SMILES string of the molecule is NC(=O)CN1Sc2c(ccc(F)c2F)NC1=O. The molecule has 17 heavy (non-hydrogen) atoms. The lowest BCUT2D eigenvalue weighted by Crippen LogP contribution is -2.38. The Labute approximate surface area is 99.1 Å². The Morgan fingerprint density at radius 2 is 2.18 bits per heavy atom. The van der Waals surface area contributed by atoms with Crippen LogP contribution in [0, 0.1) is 11.6 Å². The molecule has 0 spiro atoms. The zero-order chi connectivity index (χ0) is 12.6. The van der Waals surface area contributed by atoms with Gasteiger partial charge in [-0.05, 0) is 24.1 Å². The molecule has 0 radical (unpaired) electrons. The van der Waals surface area contributed by atoms with Crippen molar-refractivity contribution in [3.63, 3.8) is 0 Å². The first kappa shape index (κ1) is 11.6. The second kappa shape index (κ2) is 4.21. The Hall–Kier alpha value is -1.83. The molecule has 1 aliphatic heterocycles. The normalized spacial score (nSPS) is 14.2. The van der Waals surface area contributed by atoms with E-state index in [1.165, 1.54) is 6.07 Å². The third-order valence-corrected chi connectivity index (χ3v) is 3.12. The van der Waals surface area contributed by atoms with E-state index in [2.05, 4.69) is 5.32 Å². The molecule has 0 unspecified atom stereocenters. The number of urea groups is 1. The number of hydrogen-bond donors (Lipinski definition) is 2. The minimum atomic E-state index is -1.07. The summed E-state index contributed by atoms with van der Waals surface area (Å²) in [5.41, 5.74) is 5.10. The molecule has 1 aliphatic rings. The predicted molar refractivity (Wildman–Crippen MR) is 57.1 cm³/mol. The zero-order valence-corrected chi connectivity index (χ0v) is 9.18. The number of nitrogens with zero attached hydrogens (tertiary/aromatic N) is 1. The van der Waals surface area contributed by atoms with Crippen molar-refractivity contribution < 1.29 is 18.4 Å². The maximum atomic E-state index is 13.4. The second-order valence-electron chi connectivity index (χ2n) is 3.26. The van der Waals surface area contributed by atoms with Crippen LogP contribution in [-0.2, 0) is 4.79 Å². The Kier molecular flexibility index (Phi) is 2.88. The predicted octanol–water partition coefficient (Wildman–Crippen LogP) is 1.30. The summed E-state index contributed by atoms with van der Waals surface area (Å²) in [6.07, 6.45) is 0. The van der Waals surface area contributed by atoms with Crippen molar-refractivity contribution in [2.75, 3.05) is 11.9 Å². The zero-order valence-electron chi connectivity index (χ0n) is 8.37. The first-order chi connectivity index (χ1) is 7.99. The topological polar surface area (TPSA) is 75.4 Å². The van der Waals surface area contributed by atoms with Crippen molar-refractivity contribution in [1.29, 1.82) is 0 Å². The van der Waals surface area contributed by atoms with Gasteiger partial charge in [0.15, 0.2) is 11.6 Å². The van der Waals surface area contributed by atoms with Gasteiger partial charge in [0.05, 0.1) is 10.6 Å². The van der Waals surface area contributed by atoms with Gasteiger partial charge in [-0.1, -0.05) is 0 Å². The fraction of sp³-hybridized carbons (Fsp3) is 0.111. The second-order valence-corrected chi connectivity index (χ2v) is 4.29. The van der Waals surface area contributed by atoms with Gasteiger partial charge in [-0.15, -0.1) is 0 Å². The number of benzene rings is 1. The molecule has 0 aromatic heterocycles. The van der Waals surface area contributed by atoms with Crippen LogP contribution in [0.2, 0.25) is 0 Å². The van der Waals surface area contributed by atoms with Crippen LogP contribution in [0.3, 0.4) is 0 Å². The highest BCUT2D eigenvalue weighted by atomic mass is 32.2. The summed E-state index contributed by atoms with van der Waals surface area (Å²) in [7, 11) is 0. The molecule has 0 saturated heterocycles. The number of carbonyl (C=O) groups is 2. The van der Waals surface area contributed by atoms with Crippen molar-refractivity contribution >= 4 is 29.6 Å². The fourth-order valence-electron chi connectivity index (χ4n) is 1.29. The molecule has 0 saturated carbocycles. The highest BCUT2D eigenvalue weighted by molar-refractivity contribution is 7.97. The van der Waals surface area contributed by atoms with Crippen molar-refractivity contribution in [2.45, 2.75) is 4.90 Å². The molecule has 1 aromatic rings. The van der Waals surface area contributed by atoms with Gasteiger partial charge in [0.1, 0.15) is 6.54 Å². The summed E-state index contributed by atoms with van der Waals surface area (Å²) < 4.78 is 27.3. The maximum Gasteiger partial charge on any atom is 0.332 e. The number of anilines is 1. The minimum absolute atomic E-state index is 0.0779. The number of carbonyl (C=O) groups excluding carboxylic acids is 2. The van der Waals surface area contributed by atoms with E-state index in [1.54, 1.807) is 0 Å². The van der Waals surface area contributed by atoms with Crippen molar-refractivity contribution in [3.05, 3.63) is 23.8 Å². The Morgan fingerprint density at radius 1 is 1.47 bits per heavy atom. The van der Waals surface area contributed by atoms with Crippen LogP contribution in [0.4, 0.5) is 19.3 Å². The van der Waals surface area contributed by atoms with Crippen LogP contribution >= 0.6 is 11.9 Å². The molecule has 0 bridgehead atoms. The summed E-state index contributed by atoms with van der Waals surface area (Å²) >= 11 is 0.640. The van der Waals surface area contributed by atoms with Gasteiger partial charge in [-0.25, -0.2) is 13.6 Å². The van der Waals surface area contributed by atoms with Crippen molar-refractivity contribution in [2.24, 2.45) is 5.73 Å². The van der Waals surface area contributed by atoms with E-state index < -0.39 is 23.6 Å². The monoisotopic (exact) mass is 259 g/mol. The van der Waals surface area contributed by atoms with Gasteiger partial charge in [0.2, 0.25) is 5.91 Å². The minimum Gasteiger partial charge on any atom is -0.368 e. The van der Waals surface area contributed by atoms with E-state index in [1.807, 2.05) is 0 Å². The van der Waals surface area contributed by atoms with E-state index >= 15 is 0 Å². The first-order valence-corrected chi connectivity index (χ1v) is 5.29. The average Bonchev–Trinajstić information content (AvgIpc) is 2.25. The Bertz CT molecular complexity index is 509. The number of hydrogen-bond acceptors (Lipinski definition) is 3. The number of halogens is 2. The molecule has 0 atom stereocenters. The largest absolute Gasteiger partial charge is 0.368 e. The Balaban J connectivity index is 2.35. The third-order valence-electron chi connectivity index (χ3n) is 2.02. The molecule has 8 heteroatoms. The number of amides is 3. The quantitative estimate of drug-likeness (QED) is 0.786. The van der Waals surface area contributed by atoms with Gasteiger partial charge in [0.25, 0.3) is 0 Å². The van der Waals surface area contributed by atoms with Crippen LogP contribution in [0.25, 0.3) is 0 Å². The molecule has 0 fully saturated rings. The van der Waals surface area contributed by atoms with Gasteiger partial charge >= 0.3 is 6.03 Å². The number of rotatable bonds is 2. The van der Waals surface area contributed by atoms with E-state index in [-0.39, 0.29) is 17.1 Å². The number of primary amides is 1. The van der Waals surface area contributed by atoms with E-state index in [9.17, 15) is 18.4 Å². The molecule has 1 aromatic carbocycles. The van der Waals surface area contributed by atoms with Gasteiger partial charge < -0.3 is 11.1 Å². The van der Waals surface area contributed by atoms with Crippen LogP contribution in [0.1, 0.15) is 0 Å². The Morgan fingerprint density at radius 3 is 2.82 bits per heavy atom. The fourth-order valence-corrected chi connectivity index (χ4v) is 2.23. The summed E-state index contributed by atoms with van der Waals surface area (Å²) in [5.74, 6) is -2.83. The van der Waals surface area contributed by atoms with Crippen LogP contribution in [-0.4, -0.2) is 22.8 Å². The summed E-state index contributed by atoms with van der Waals surface area (Å²) in [6, 6.07) is 1.56. The van der Waals surface area contributed by atoms with E-state index in [0.717, 1.165) is 10.4 Å². The van der Waals surface area contributed by atoms with Gasteiger partial charge in [-0.2, -0.15) is 0 Å². The molecule has 5 nitrogen and oxygen atoms in total. The molecule has 0 aliphatic carbocycles. The van der Waals surface area contributed by atoms with Gasteiger partial charge in [0, 0.05) is 0 Å². The molecular formula is C9H7F2N3O2S. The molecule has 3 N–H and O–H groups in total. The van der Waals surface area contributed by atoms with Crippen LogP contribution in [0.15, 0.2) is 17.0 Å². The maximum absolute atomic E-state index is 13.4. The number of nitrogens with one attached hydrogen (secondary N) is 1. The first-order valence-electron chi connectivity index (χ1n) is 4.52. The average molecular weight is 259 g/mol.